The number of hydrogen-bond donors (Lipinski definition) is 3. The predicted molar refractivity (Wildman–Crippen MR) is 124 cm³/mol. The van der Waals surface area contributed by atoms with Gasteiger partial charge in [0.25, 0.3) is 0 Å². The molecule has 8 heteroatoms. The Hall–Kier alpha value is -3.39. The standard InChI is InChI=1S/C28H26O8/c1-5-6-7-8-26(36)14-9-15-16(29)10-25-17(18(30)11(2)19(31)23(25)34)21(26)27(13(14)4)24(35)20(32)12(3)22(33)28(15,25)27/h5-9,13,15,17,21,31-32,36H,10H2,1-4H3/b6-5+,8-7+/t13?,15?,17?,21?,25-,26?,27?,28+/m1/s1. The van der Waals surface area contributed by atoms with Gasteiger partial charge >= 0.3 is 0 Å². The first-order chi connectivity index (χ1) is 16.8. The van der Waals surface area contributed by atoms with E-state index >= 15 is 0 Å². The maximum absolute atomic E-state index is 14.4. The maximum Gasteiger partial charge on any atom is 0.205 e. The van der Waals surface area contributed by atoms with Crippen molar-refractivity contribution < 1.29 is 39.3 Å². The second kappa shape index (κ2) is 6.29. The van der Waals surface area contributed by atoms with Crippen LogP contribution in [0.3, 0.4) is 0 Å². The highest BCUT2D eigenvalue weighted by atomic mass is 16.3. The van der Waals surface area contributed by atoms with Crippen LogP contribution < -0.4 is 0 Å². The molecule has 186 valence electrons. The molecule has 0 saturated heterocycles. The van der Waals surface area contributed by atoms with Crippen molar-refractivity contribution in [3.8, 4) is 0 Å². The van der Waals surface area contributed by atoms with Crippen LogP contribution in [0.2, 0.25) is 0 Å². The predicted octanol–water partition coefficient (Wildman–Crippen LogP) is 2.20. The highest BCUT2D eigenvalue weighted by Crippen LogP contribution is 2.88. The number of carbonyl (C=O) groups is 5. The van der Waals surface area contributed by atoms with E-state index in [9.17, 15) is 39.3 Å². The Bertz CT molecular complexity index is 1420. The van der Waals surface area contributed by atoms with E-state index in [1.165, 1.54) is 26.0 Å². The first kappa shape index (κ1) is 23.0. The Morgan fingerprint density at radius 1 is 0.944 bits per heavy atom. The zero-order valence-electron chi connectivity index (χ0n) is 20.3. The molecule has 36 heavy (non-hydrogen) atoms. The van der Waals surface area contributed by atoms with Crippen LogP contribution in [-0.4, -0.2) is 49.8 Å². The minimum Gasteiger partial charge on any atom is -0.504 e. The smallest absolute Gasteiger partial charge is 0.205 e. The van der Waals surface area contributed by atoms with Gasteiger partial charge in [0.15, 0.2) is 23.1 Å². The lowest BCUT2D eigenvalue weighted by molar-refractivity contribution is -0.168. The fraction of sp³-hybridized carbons (Fsp3) is 0.464. The first-order valence-electron chi connectivity index (χ1n) is 12.1. The van der Waals surface area contributed by atoms with Gasteiger partial charge in [-0.3, -0.25) is 24.0 Å². The average molecular weight is 491 g/mol. The van der Waals surface area contributed by atoms with Crippen molar-refractivity contribution in [1.29, 1.82) is 0 Å². The van der Waals surface area contributed by atoms with Crippen LogP contribution in [0.25, 0.3) is 0 Å². The Balaban J connectivity index is 1.87. The fourth-order valence-electron chi connectivity index (χ4n) is 9.32. The van der Waals surface area contributed by atoms with Gasteiger partial charge in [-0.05, 0) is 38.3 Å². The molecule has 0 aromatic heterocycles. The van der Waals surface area contributed by atoms with Gasteiger partial charge < -0.3 is 15.3 Å². The Labute approximate surface area is 206 Å². The number of allylic oxidation sites excluding steroid dienone is 8. The van der Waals surface area contributed by atoms with Crippen molar-refractivity contribution in [1.82, 2.24) is 0 Å². The number of aliphatic hydroxyl groups excluding tert-OH is 2. The molecular weight excluding hydrogens is 464 g/mol. The molecule has 6 rings (SSSR count). The normalized spacial score (nSPS) is 47.0. The molecule has 3 N–H and O–H groups in total. The van der Waals surface area contributed by atoms with E-state index < -0.39 is 92.4 Å². The second-order valence-electron chi connectivity index (χ2n) is 11.1. The van der Waals surface area contributed by atoms with Gasteiger partial charge in [0.2, 0.25) is 11.6 Å². The molecule has 0 aromatic carbocycles. The summed E-state index contributed by atoms with van der Waals surface area (Å²) < 4.78 is 0. The summed E-state index contributed by atoms with van der Waals surface area (Å²) >= 11 is 0. The highest BCUT2D eigenvalue weighted by Gasteiger charge is 2.96. The van der Waals surface area contributed by atoms with E-state index in [1.807, 2.05) is 0 Å². The summed E-state index contributed by atoms with van der Waals surface area (Å²) in [7, 11) is 0. The summed E-state index contributed by atoms with van der Waals surface area (Å²) in [5, 5.41) is 34.1. The van der Waals surface area contributed by atoms with E-state index in [2.05, 4.69) is 0 Å². The number of carbonyl (C=O) groups excluding carboxylic acids is 5. The molecule has 0 heterocycles. The van der Waals surface area contributed by atoms with E-state index in [0.29, 0.717) is 5.57 Å². The molecule has 8 nitrogen and oxygen atoms in total. The van der Waals surface area contributed by atoms with Crippen LogP contribution >= 0.6 is 0 Å². The van der Waals surface area contributed by atoms with Crippen molar-refractivity contribution in [3.63, 3.8) is 0 Å². The molecular formula is C28H26O8. The third-order valence-electron chi connectivity index (χ3n) is 10.3. The monoisotopic (exact) mass is 490 g/mol. The second-order valence-corrected chi connectivity index (χ2v) is 11.1. The summed E-state index contributed by atoms with van der Waals surface area (Å²) in [6.07, 6.45) is 7.38. The van der Waals surface area contributed by atoms with Crippen LogP contribution in [0.15, 0.2) is 58.6 Å². The number of hydrogen-bond acceptors (Lipinski definition) is 8. The highest BCUT2D eigenvalue weighted by molar-refractivity contribution is 6.28. The third-order valence-corrected chi connectivity index (χ3v) is 10.3. The molecule has 0 aliphatic heterocycles. The Morgan fingerprint density at radius 2 is 1.58 bits per heavy atom. The zero-order chi connectivity index (χ0) is 26.3. The van der Waals surface area contributed by atoms with Gasteiger partial charge in [0.05, 0.1) is 22.2 Å². The molecule has 8 atom stereocenters. The quantitative estimate of drug-likeness (QED) is 0.394. The molecule has 3 spiro atoms. The Morgan fingerprint density at radius 3 is 2.22 bits per heavy atom. The average Bonchev–Trinajstić information content (AvgIpc) is 3.31. The van der Waals surface area contributed by atoms with Gasteiger partial charge in [-0.2, -0.15) is 0 Å². The van der Waals surface area contributed by atoms with Crippen LogP contribution in [0.5, 0.6) is 0 Å². The number of rotatable bonds is 2. The summed E-state index contributed by atoms with van der Waals surface area (Å²) in [5.41, 5.74) is -8.15. The zero-order valence-corrected chi connectivity index (χ0v) is 20.3. The van der Waals surface area contributed by atoms with E-state index in [-0.39, 0.29) is 11.1 Å². The van der Waals surface area contributed by atoms with Gasteiger partial charge in [-0.1, -0.05) is 31.2 Å². The number of fused-ring (bicyclic) bond motifs is 2. The van der Waals surface area contributed by atoms with Crippen molar-refractivity contribution in [2.45, 2.75) is 39.7 Å². The van der Waals surface area contributed by atoms with Crippen LogP contribution in [0.4, 0.5) is 0 Å². The van der Waals surface area contributed by atoms with Gasteiger partial charge in [-0.25, -0.2) is 0 Å². The SMILES string of the molecule is C/C=C/C=C/C1(O)C2=CC3C(=O)C[C@]45C(=O)C(O)=C(C)C(=O)C4C1C1(C(=O)C(O)=C(C)C(=O)[C@]315)C2C. The Kier molecular flexibility index (Phi) is 4.03. The molecule has 2 bridgehead atoms. The fourth-order valence-corrected chi connectivity index (χ4v) is 9.32. The number of aliphatic hydroxyl groups is 3. The minimum atomic E-state index is -2.05. The van der Waals surface area contributed by atoms with E-state index in [4.69, 9.17) is 0 Å². The lowest BCUT2D eigenvalue weighted by Crippen LogP contribution is -2.66. The lowest BCUT2D eigenvalue weighted by Gasteiger charge is -2.55. The van der Waals surface area contributed by atoms with E-state index in [1.54, 1.807) is 32.1 Å². The van der Waals surface area contributed by atoms with Crippen molar-refractivity contribution in [2.75, 3.05) is 0 Å². The van der Waals surface area contributed by atoms with Crippen molar-refractivity contribution >= 4 is 28.9 Å². The van der Waals surface area contributed by atoms with E-state index in [0.717, 1.165) is 0 Å². The molecule has 0 aromatic rings. The molecule has 6 aliphatic rings. The molecule has 0 radical (unpaired) electrons. The number of ketones is 5. The third kappa shape index (κ3) is 1.76. The van der Waals surface area contributed by atoms with Crippen LogP contribution in [-0.2, 0) is 24.0 Å². The summed E-state index contributed by atoms with van der Waals surface area (Å²) in [5.74, 6) is -10.1. The molecule has 3 saturated carbocycles. The molecule has 6 aliphatic carbocycles. The van der Waals surface area contributed by atoms with Crippen LogP contribution in [0.1, 0.15) is 34.1 Å². The summed E-state index contributed by atoms with van der Waals surface area (Å²) in [6.45, 7) is 5.97. The topological polar surface area (TPSA) is 146 Å². The summed E-state index contributed by atoms with van der Waals surface area (Å²) in [6, 6.07) is 0. The van der Waals surface area contributed by atoms with Crippen molar-refractivity contribution in [2.24, 2.45) is 39.9 Å². The van der Waals surface area contributed by atoms with Crippen molar-refractivity contribution in [3.05, 3.63) is 58.6 Å². The van der Waals surface area contributed by atoms with Gasteiger partial charge in [0, 0.05) is 29.4 Å². The minimum absolute atomic E-state index is 0.227. The maximum atomic E-state index is 14.4. The molecule has 3 fully saturated rings. The van der Waals surface area contributed by atoms with Crippen LogP contribution in [0, 0.1) is 39.9 Å². The first-order valence-corrected chi connectivity index (χ1v) is 12.1. The molecule has 6 unspecified atom stereocenters. The van der Waals surface area contributed by atoms with Gasteiger partial charge in [-0.15, -0.1) is 0 Å². The largest absolute Gasteiger partial charge is 0.504 e. The number of Topliss-reactive ketones (excluding diaryl/α,β-unsaturated/α-hetero) is 5. The molecule has 0 amide bonds. The lowest BCUT2D eigenvalue weighted by atomic mass is 9.42. The van der Waals surface area contributed by atoms with Gasteiger partial charge in [0.1, 0.15) is 11.4 Å². The summed E-state index contributed by atoms with van der Waals surface area (Å²) in [4.78, 5) is 70.3.